The van der Waals surface area contributed by atoms with E-state index in [1.807, 2.05) is 12.1 Å². The van der Waals surface area contributed by atoms with E-state index < -0.39 is 0 Å². The second kappa shape index (κ2) is 7.84. The molecule has 0 heterocycles. The van der Waals surface area contributed by atoms with E-state index >= 15 is 0 Å². The second-order valence-corrected chi connectivity index (χ2v) is 6.23. The first-order valence-electron chi connectivity index (χ1n) is 8.37. The predicted molar refractivity (Wildman–Crippen MR) is 100 cm³/mol. The van der Waals surface area contributed by atoms with Crippen LogP contribution in [-0.2, 0) is 13.2 Å². The molecule has 0 saturated carbocycles. The van der Waals surface area contributed by atoms with Gasteiger partial charge in [0.05, 0.1) is 0 Å². The Morgan fingerprint density at radius 3 is 2.24 bits per heavy atom. The van der Waals surface area contributed by atoms with Crippen LogP contribution in [0, 0.1) is 19.7 Å². The molecule has 3 rings (SSSR count). The summed E-state index contributed by atoms with van der Waals surface area (Å²) in [6.07, 6.45) is 0. The molecule has 2 nitrogen and oxygen atoms in total. The molecule has 1 N–H and O–H groups in total. The molecule has 0 atom stereocenters. The van der Waals surface area contributed by atoms with E-state index in [2.05, 4.69) is 49.5 Å². The molecule has 25 heavy (non-hydrogen) atoms. The number of halogens is 1. The molecule has 0 aliphatic carbocycles. The Morgan fingerprint density at radius 1 is 0.840 bits per heavy atom. The number of aryl methyl sites for hydroxylation is 2. The highest BCUT2D eigenvalue weighted by Crippen LogP contribution is 2.19. The molecule has 0 aromatic heterocycles. The molecule has 0 aliphatic heterocycles. The number of ether oxygens (including phenoxy) is 1. The molecule has 3 aromatic carbocycles. The van der Waals surface area contributed by atoms with Gasteiger partial charge >= 0.3 is 0 Å². The molecule has 0 bridgehead atoms. The van der Waals surface area contributed by atoms with Crippen LogP contribution in [0.5, 0.6) is 5.75 Å². The Labute approximate surface area is 148 Å². The van der Waals surface area contributed by atoms with Gasteiger partial charge in [0.15, 0.2) is 0 Å². The standard InChI is InChI=1S/C22H22FNO/c1-16-3-4-17(2)22(13-16)24-14-18-7-11-21(12-8-18)25-15-19-5-9-20(23)10-6-19/h3-13,24H,14-15H2,1-2H3. The smallest absolute Gasteiger partial charge is 0.123 e. The Balaban J connectivity index is 1.55. The Bertz CT molecular complexity index is 826. The zero-order chi connectivity index (χ0) is 17.6. The summed E-state index contributed by atoms with van der Waals surface area (Å²) < 4.78 is 18.6. The van der Waals surface area contributed by atoms with Crippen molar-refractivity contribution < 1.29 is 9.13 Å². The van der Waals surface area contributed by atoms with Gasteiger partial charge in [0.2, 0.25) is 0 Å². The molecule has 0 unspecified atom stereocenters. The van der Waals surface area contributed by atoms with Crippen molar-refractivity contribution in [1.82, 2.24) is 0 Å². The molecule has 0 spiro atoms. The normalized spacial score (nSPS) is 10.5. The summed E-state index contributed by atoms with van der Waals surface area (Å²) in [5, 5.41) is 3.48. The maximum absolute atomic E-state index is 12.9. The van der Waals surface area contributed by atoms with Crippen molar-refractivity contribution in [2.45, 2.75) is 27.0 Å². The van der Waals surface area contributed by atoms with Gasteiger partial charge in [-0.3, -0.25) is 0 Å². The quantitative estimate of drug-likeness (QED) is 0.630. The van der Waals surface area contributed by atoms with Crippen LogP contribution in [0.15, 0.2) is 66.7 Å². The molecule has 0 amide bonds. The second-order valence-electron chi connectivity index (χ2n) is 6.23. The van der Waals surface area contributed by atoms with E-state index in [9.17, 15) is 4.39 Å². The van der Waals surface area contributed by atoms with Crippen LogP contribution in [0.1, 0.15) is 22.3 Å². The number of benzene rings is 3. The highest BCUT2D eigenvalue weighted by atomic mass is 19.1. The fourth-order valence-corrected chi connectivity index (χ4v) is 2.57. The van der Waals surface area contributed by atoms with Crippen LogP contribution in [0.2, 0.25) is 0 Å². The minimum absolute atomic E-state index is 0.232. The lowest BCUT2D eigenvalue weighted by atomic mass is 10.1. The molecule has 0 saturated heterocycles. The SMILES string of the molecule is Cc1ccc(C)c(NCc2ccc(OCc3ccc(F)cc3)cc2)c1. The fourth-order valence-electron chi connectivity index (χ4n) is 2.57. The lowest BCUT2D eigenvalue weighted by Gasteiger charge is -2.11. The van der Waals surface area contributed by atoms with Crippen molar-refractivity contribution in [2.24, 2.45) is 0 Å². The average Bonchev–Trinajstić information content (AvgIpc) is 2.63. The number of rotatable bonds is 6. The molecule has 3 heteroatoms. The van der Waals surface area contributed by atoms with E-state index in [0.29, 0.717) is 6.61 Å². The summed E-state index contributed by atoms with van der Waals surface area (Å²) in [4.78, 5) is 0. The lowest BCUT2D eigenvalue weighted by molar-refractivity contribution is 0.306. The topological polar surface area (TPSA) is 21.3 Å². The van der Waals surface area contributed by atoms with Crippen LogP contribution < -0.4 is 10.1 Å². The summed E-state index contributed by atoms with van der Waals surface area (Å²) in [5.41, 5.74) is 5.79. The van der Waals surface area contributed by atoms with Gasteiger partial charge in [-0.1, -0.05) is 36.4 Å². The lowest BCUT2D eigenvalue weighted by Crippen LogP contribution is -2.01. The van der Waals surface area contributed by atoms with E-state index in [1.54, 1.807) is 12.1 Å². The molecular weight excluding hydrogens is 313 g/mol. The highest BCUT2D eigenvalue weighted by molar-refractivity contribution is 5.52. The first kappa shape index (κ1) is 17.0. The minimum Gasteiger partial charge on any atom is -0.489 e. The predicted octanol–water partition coefficient (Wildman–Crippen LogP) is 5.63. The van der Waals surface area contributed by atoms with E-state index in [1.165, 1.54) is 28.8 Å². The van der Waals surface area contributed by atoms with Crippen LogP contribution in [0.25, 0.3) is 0 Å². The Kier molecular flexibility index (Phi) is 5.34. The number of hydrogen-bond acceptors (Lipinski definition) is 2. The first-order chi connectivity index (χ1) is 12.1. The van der Waals surface area contributed by atoms with Crippen LogP contribution in [-0.4, -0.2) is 0 Å². The van der Waals surface area contributed by atoms with Crippen molar-refractivity contribution in [1.29, 1.82) is 0 Å². The molecule has 0 radical (unpaired) electrons. The number of anilines is 1. The molecule has 0 fully saturated rings. The zero-order valence-electron chi connectivity index (χ0n) is 14.6. The first-order valence-corrected chi connectivity index (χ1v) is 8.37. The Morgan fingerprint density at radius 2 is 1.52 bits per heavy atom. The van der Waals surface area contributed by atoms with Crippen LogP contribution in [0.4, 0.5) is 10.1 Å². The molecular formula is C22H22FNO. The van der Waals surface area contributed by atoms with E-state index in [4.69, 9.17) is 4.74 Å². The minimum atomic E-state index is -0.232. The van der Waals surface area contributed by atoms with Crippen LogP contribution in [0.3, 0.4) is 0 Å². The fraction of sp³-hybridized carbons (Fsp3) is 0.182. The summed E-state index contributed by atoms with van der Waals surface area (Å²) in [6, 6.07) is 20.8. The number of hydrogen-bond donors (Lipinski definition) is 1. The van der Waals surface area contributed by atoms with Gasteiger partial charge in [0.25, 0.3) is 0 Å². The highest BCUT2D eigenvalue weighted by Gasteiger charge is 2.01. The van der Waals surface area contributed by atoms with Gasteiger partial charge in [0, 0.05) is 12.2 Å². The maximum atomic E-state index is 12.9. The third-order valence-corrected chi connectivity index (χ3v) is 4.12. The Hall–Kier alpha value is -2.81. The summed E-state index contributed by atoms with van der Waals surface area (Å²) in [6.45, 7) is 5.40. The summed E-state index contributed by atoms with van der Waals surface area (Å²) >= 11 is 0. The van der Waals surface area contributed by atoms with Gasteiger partial charge in [-0.2, -0.15) is 0 Å². The number of nitrogens with one attached hydrogen (secondary N) is 1. The van der Waals surface area contributed by atoms with Gasteiger partial charge in [-0.15, -0.1) is 0 Å². The van der Waals surface area contributed by atoms with Gasteiger partial charge in [-0.25, -0.2) is 4.39 Å². The molecule has 0 aliphatic rings. The molecule has 128 valence electrons. The van der Waals surface area contributed by atoms with E-state index in [0.717, 1.165) is 23.5 Å². The van der Waals surface area contributed by atoms with Crippen molar-refractivity contribution in [2.75, 3.05) is 5.32 Å². The third-order valence-electron chi connectivity index (χ3n) is 4.12. The summed E-state index contributed by atoms with van der Waals surface area (Å²) in [5.74, 6) is 0.573. The van der Waals surface area contributed by atoms with E-state index in [-0.39, 0.29) is 5.82 Å². The van der Waals surface area contributed by atoms with Crippen molar-refractivity contribution in [3.63, 3.8) is 0 Å². The molecule has 3 aromatic rings. The maximum Gasteiger partial charge on any atom is 0.123 e. The van der Waals surface area contributed by atoms with Crippen molar-refractivity contribution in [3.8, 4) is 5.75 Å². The monoisotopic (exact) mass is 335 g/mol. The largest absolute Gasteiger partial charge is 0.489 e. The average molecular weight is 335 g/mol. The summed E-state index contributed by atoms with van der Waals surface area (Å²) in [7, 11) is 0. The zero-order valence-corrected chi connectivity index (χ0v) is 14.6. The van der Waals surface area contributed by atoms with Gasteiger partial charge in [0.1, 0.15) is 18.2 Å². The van der Waals surface area contributed by atoms with Crippen molar-refractivity contribution in [3.05, 3.63) is 94.8 Å². The van der Waals surface area contributed by atoms with Gasteiger partial charge < -0.3 is 10.1 Å². The third kappa shape index (κ3) is 4.83. The van der Waals surface area contributed by atoms with Gasteiger partial charge in [-0.05, 0) is 66.4 Å². The van der Waals surface area contributed by atoms with Crippen molar-refractivity contribution >= 4 is 5.69 Å². The van der Waals surface area contributed by atoms with Crippen LogP contribution >= 0.6 is 0 Å².